The number of nitrogens with one attached hydrogen (secondary N) is 2. The Bertz CT molecular complexity index is 971. The number of hydrogen-bond acceptors (Lipinski definition) is 4. The third-order valence-electron chi connectivity index (χ3n) is 5.97. The second-order valence-electron chi connectivity index (χ2n) is 8.62. The number of carbonyl (C=O) groups excluding carboxylic acids is 2. The molecule has 0 saturated heterocycles. The Morgan fingerprint density at radius 3 is 2.68 bits per heavy atom. The Hall–Kier alpha value is -2.73. The van der Waals surface area contributed by atoms with Gasteiger partial charge in [0.15, 0.2) is 0 Å². The van der Waals surface area contributed by atoms with Crippen LogP contribution in [0.15, 0.2) is 36.4 Å². The van der Waals surface area contributed by atoms with Gasteiger partial charge in [0.25, 0.3) is 11.8 Å². The summed E-state index contributed by atoms with van der Waals surface area (Å²) < 4.78 is 19.7. The van der Waals surface area contributed by atoms with Crippen molar-refractivity contribution < 1.29 is 18.7 Å². The van der Waals surface area contributed by atoms with Gasteiger partial charge in [0, 0.05) is 12.1 Å². The second kappa shape index (κ2) is 9.60. The highest BCUT2D eigenvalue weighted by molar-refractivity contribution is 6.21. The van der Waals surface area contributed by atoms with E-state index in [1.165, 1.54) is 18.9 Å². The predicted octanol–water partition coefficient (Wildman–Crippen LogP) is 4.56. The molecule has 0 bridgehead atoms. The molecule has 5 nitrogen and oxygen atoms in total. The molecule has 0 spiro atoms. The smallest absolute Gasteiger partial charge is 0.258 e. The minimum Gasteiger partial charge on any atom is -0.493 e. The Morgan fingerprint density at radius 2 is 1.87 bits per heavy atom. The van der Waals surface area contributed by atoms with Gasteiger partial charge in [-0.2, -0.15) is 0 Å². The number of hydrogen-bond donors (Lipinski definition) is 2. The van der Waals surface area contributed by atoms with E-state index in [-0.39, 0.29) is 23.7 Å². The Balaban J connectivity index is 1.18. The fraction of sp³-hybridized carbons (Fsp3) is 0.440. The van der Waals surface area contributed by atoms with Crippen molar-refractivity contribution in [3.8, 4) is 5.75 Å². The largest absolute Gasteiger partial charge is 0.493 e. The molecule has 2 aromatic rings. The molecule has 2 amide bonds. The van der Waals surface area contributed by atoms with Crippen LogP contribution in [0.3, 0.4) is 0 Å². The molecular weight excluding hydrogens is 395 g/mol. The van der Waals surface area contributed by atoms with E-state index in [1.807, 2.05) is 25.1 Å². The van der Waals surface area contributed by atoms with Crippen LogP contribution < -0.4 is 15.4 Å². The van der Waals surface area contributed by atoms with Crippen molar-refractivity contribution in [3.63, 3.8) is 0 Å². The maximum atomic E-state index is 14.0. The van der Waals surface area contributed by atoms with E-state index in [9.17, 15) is 14.0 Å². The molecule has 0 unspecified atom stereocenters. The van der Waals surface area contributed by atoms with Crippen molar-refractivity contribution in [3.05, 3.63) is 64.5 Å². The molecule has 0 radical (unpaired) electrons. The number of aryl methyl sites for hydroxylation is 1. The molecule has 2 N–H and O–H groups in total. The lowest BCUT2D eigenvalue weighted by Gasteiger charge is -2.16. The molecule has 2 aliphatic rings. The molecular formula is C25H29FN2O3. The van der Waals surface area contributed by atoms with Crippen molar-refractivity contribution >= 4 is 11.8 Å². The van der Waals surface area contributed by atoms with Crippen molar-refractivity contribution in [1.29, 1.82) is 0 Å². The fourth-order valence-corrected chi connectivity index (χ4v) is 3.85. The SMILES string of the molecule is C[C@@H](NCCCCCc1ccc2c(c1)C(=O)NC2=O)c1cc(F)cc(OCC2CC2)c1. The van der Waals surface area contributed by atoms with Gasteiger partial charge in [-0.3, -0.25) is 14.9 Å². The molecule has 1 saturated carbocycles. The maximum absolute atomic E-state index is 14.0. The topological polar surface area (TPSA) is 67.4 Å². The predicted molar refractivity (Wildman–Crippen MR) is 117 cm³/mol. The van der Waals surface area contributed by atoms with Crippen molar-refractivity contribution in [2.24, 2.45) is 5.92 Å². The summed E-state index contributed by atoms with van der Waals surface area (Å²) in [5.41, 5.74) is 2.92. The Labute approximate surface area is 182 Å². The zero-order chi connectivity index (χ0) is 21.8. The Kier molecular flexibility index (Phi) is 6.66. The molecule has 1 fully saturated rings. The summed E-state index contributed by atoms with van der Waals surface area (Å²) >= 11 is 0. The van der Waals surface area contributed by atoms with E-state index in [4.69, 9.17) is 4.74 Å². The molecule has 164 valence electrons. The molecule has 0 aromatic heterocycles. The minimum atomic E-state index is -0.313. The van der Waals surface area contributed by atoms with Crippen LogP contribution in [0.2, 0.25) is 0 Å². The summed E-state index contributed by atoms with van der Waals surface area (Å²) in [5.74, 6) is 0.366. The number of unbranched alkanes of at least 4 members (excludes halogenated alkanes) is 2. The summed E-state index contributed by atoms with van der Waals surface area (Å²) in [4.78, 5) is 23.4. The number of carbonyl (C=O) groups is 2. The van der Waals surface area contributed by atoms with Gasteiger partial charge >= 0.3 is 0 Å². The third-order valence-corrected chi connectivity index (χ3v) is 5.97. The van der Waals surface area contributed by atoms with Gasteiger partial charge in [0.1, 0.15) is 11.6 Å². The van der Waals surface area contributed by atoms with Gasteiger partial charge in [-0.1, -0.05) is 12.5 Å². The summed E-state index contributed by atoms with van der Waals surface area (Å²) in [6.45, 7) is 3.56. The summed E-state index contributed by atoms with van der Waals surface area (Å²) in [7, 11) is 0. The van der Waals surface area contributed by atoms with Crippen LogP contribution >= 0.6 is 0 Å². The van der Waals surface area contributed by atoms with E-state index in [1.54, 1.807) is 12.1 Å². The molecule has 2 aromatic carbocycles. The first-order valence-corrected chi connectivity index (χ1v) is 11.1. The van der Waals surface area contributed by atoms with Gasteiger partial charge in [0.2, 0.25) is 0 Å². The van der Waals surface area contributed by atoms with E-state index in [0.29, 0.717) is 29.4 Å². The van der Waals surface area contributed by atoms with Crippen molar-refractivity contribution in [2.75, 3.05) is 13.2 Å². The summed E-state index contributed by atoms with van der Waals surface area (Å²) in [5, 5.41) is 5.78. The standard InChI is InChI=1S/C25H29FN2O3/c1-16(19-12-20(26)14-21(13-19)31-15-18-6-7-18)27-10-4-2-3-5-17-8-9-22-23(11-17)25(30)28-24(22)29/h8-9,11-14,16,18,27H,2-7,10,15H2,1H3,(H,28,29,30)/t16-/m1/s1. The lowest BCUT2D eigenvalue weighted by Crippen LogP contribution is -2.20. The van der Waals surface area contributed by atoms with E-state index in [0.717, 1.165) is 43.4 Å². The van der Waals surface area contributed by atoms with Gasteiger partial charge in [0.05, 0.1) is 17.7 Å². The number of ether oxygens (including phenoxy) is 1. The summed E-state index contributed by atoms with van der Waals surface area (Å²) in [6.07, 6.45) is 6.35. The van der Waals surface area contributed by atoms with Gasteiger partial charge in [-0.25, -0.2) is 4.39 Å². The monoisotopic (exact) mass is 424 g/mol. The number of imide groups is 1. The lowest BCUT2D eigenvalue weighted by molar-refractivity contribution is 0.0879. The minimum absolute atomic E-state index is 0.0479. The molecule has 1 atom stereocenters. The van der Waals surface area contributed by atoms with Crippen LogP contribution in [-0.4, -0.2) is 25.0 Å². The van der Waals surface area contributed by atoms with Crippen LogP contribution in [0.25, 0.3) is 0 Å². The first-order chi connectivity index (χ1) is 15.0. The molecule has 1 aliphatic heterocycles. The first kappa shape index (κ1) is 21.5. The second-order valence-corrected chi connectivity index (χ2v) is 8.62. The lowest BCUT2D eigenvalue weighted by atomic mass is 10.0. The highest BCUT2D eigenvalue weighted by atomic mass is 19.1. The van der Waals surface area contributed by atoms with Crippen LogP contribution in [0, 0.1) is 11.7 Å². The Morgan fingerprint density at radius 1 is 1.06 bits per heavy atom. The normalized spacial score (nSPS) is 16.2. The molecule has 1 heterocycles. The number of halogens is 1. The number of amides is 2. The van der Waals surface area contributed by atoms with E-state index < -0.39 is 0 Å². The average molecular weight is 425 g/mol. The van der Waals surface area contributed by atoms with Crippen LogP contribution in [0.4, 0.5) is 4.39 Å². The highest BCUT2D eigenvalue weighted by Gasteiger charge is 2.26. The maximum Gasteiger partial charge on any atom is 0.258 e. The van der Waals surface area contributed by atoms with Gasteiger partial charge in [-0.05, 0) is 86.9 Å². The van der Waals surface area contributed by atoms with Crippen LogP contribution in [0.1, 0.15) is 76.9 Å². The quantitative estimate of drug-likeness (QED) is 0.410. The van der Waals surface area contributed by atoms with E-state index >= 15 is 0 Å². The van der Waals surface area contributed by atoms with Crippen molar-refractivity contribution in [1.82, 2.24) is 10.6 Å². The number of rotatable bonds is 11. The highest BCUT2D eigenvalue weighted by Crippen LogP contribution is 2.30. The van der Waals surface area contributed by atoms with Crippen LogP contribution in [-0.2, 0) is 6.42 Å². The van der Waals surface area contributed by atoms with Gasteiger partial charge < -0.3 is 10.1 Å². The fourth-order valence-electron chi connectivity index (χ4n) is 3.85. The third kappa shape index (κ3) is 5.70. The first-order valence-electron chi connectivity index (χ1n) is 11.1. The van der Waals surface area contributed by atoms with Crippen LogP contribution in [0.5, 0.6) is 5.75 Å². The van der Waals surface area contributed by atoms with E-state index in [2.05, 4.69) is 10.6 Å². The summed E-state index contributed by atoms with van der Waals surface area (Å²) in [6, 6.07) is 10.5. The molecule has 4 rings (SSSR count). The molecule has 1 aliphatic carbocycles. The van der Waals surface area contributed by atoms with Gasteiger partial charge in [-0.15, -0.1) is 0 Å². The average Bonchev–Trinajstić information content (AvgIpc) is 3.54. The molecule has 6 heteroatoms. The zero-order valence-electron chi connectivity index (χ0n) is 17.9. The number of fused-ring (bicyclic) bond motifs is 1. The zero-order valence-corrected chi connectivity index (χ0v) is 17.9. The molecule has 31 heavy (non-hydrogen) atoms. The number of benzene rings is 2. The van der Waals surface area contributed by atoms with Crippen molar-refractivity contribution in [2.45, 2.75) is 51.5 Å².